The summed E-state index contributed by atoms with van der Waals surface area (Å²) in [5.41, 5.74) is 0.222. The average Bonchev–Trinajstić information content (AvgIpc) is 2.21. The molecule has 0 unspecified atom stereocenters. The third kappa shape index (κ3) is 2.83. The van der Waals surface area contributed by atoms with E-state index in [0.29, 0.717) is 0 Å². The molecule has 1 aromatic rings. The summed E-state index contributed by atoms with van der Waals surface area (Å²) in [7, 11) is 1.52. The third-order valence-corrected chi connectivity index (χ3v) is 2.51. The van der Waals surface area contributed by atoms with Crippen molar-refractivity contribution in [3.63, 3.8) is 0 Å². The molecule has 0 saturated heterocycles. The number of phenols is 1. The van der Waals surface area contributed by atoms with Crippen molar-refractivity contribution in [2.24, 2.45) is 0 Å². The number of aromatic hydroxyl groups is 1. The van der Waals surface area contributed by atoms with Crippen LogP contribution in [0.4, 0.5) is 0 Å². The largest absolute Gasteiger partial charge is 0.507 e. The predicted molar refractivity (Wildman–Crippen MR) is 63.4 cm³/mol. The highest BCUT2D eigenvalue weighted by Gasteiger charge is 2.15. The van der Waals surface area contributed by atoms with Crippen molar-refractivity contribution in [1.29, 1.82) is 5.26 Å². The molecule has 1 N–H and O–H groups in total. The summed E-state index contributed by atoms with van der Waals surface area (Å²) >= 11 is 2.05. The Kier molecular flexibility index (Phi) is 3.91. The SMILES string of the molecule is CN(CC#N)C(=O)c1cc(I)ccc1O. The van der Waals surface area contributed by atoms with Gasteiger partial charge in [0.2, 0.25) is 0 Å². The van der Waals surface area contributed by atoms with E-state index in [1.54, 1.807) is 12.1 Å². The van der Waals surface area contributed by atoms with E-state index in [9.17, 15) is 9.90 Å². The van der Waals surface area contributed by atoms with E-state index in [1.165, 1.54) is 18.0 Å². The Morgan fingerprint density at radius 3 is 2.93 bits per heavy atom. The Morgan fingerprint density at radius 1 is 1.67 bits per heavy atom. The molecular formula is C10H9IN2O2. The van der Waals surface area contributed by atoms with Crippen LogP contribution in [0.3, 0.4) is 0 Å². The van der Waals surface area contributed by atoms with Gasteiger partial charge >= 0.3 is 0 Å². The van der Waals surface area contributed by atoms with E-state index in [0.717, 1.165) is 3.57 Å². The van der Waals surface area contributed by atoms with Crippen LogP contribution >= 0.6 is 22.6 Å². The highest BCUT2D eigenvalue weighted by atomic mass is 127. The molecule has 0 bridgehead atoms. The van der Waals surface area contributed by atoms with Crippen molar-refractivity contribution < 1.29 is 9.90 Å². The molecule has 4 nitrogen and oxygen atoms in total. The lowest BCUT2D eigenvalue weighted by molar-refractivity contribution is 0.0809. The molecule has 0 aliphatic rings. The molecule has 5 heteroatoms. The number of nitrogens with zero attached hydrogens (tertiary/aromatic N) is 2. The Hall–Kier alpha value is -1.29. The lowest BCUT2D eigenvalue weighted by Crippen LogP contribution is -2.27. The molecular weight excluding hydrogens is 307 g/mol. The van der Waals surface area contributed by atoms with E-state index in [-0.39, 0.29) is 23.8 Å². The molecule has 1 aromatic carbocycles. The van der Waals surface area contributed by atoms with Gasteiger partial charge in [-0.3, -0.25) is 4.79 Å². The molecule has 0 spiro atoms. The zero-order valence-electron chi connectivity index (χ0n) is 8.07. The second-order valence-corrected chi connectivity index (χ2v) is 4.23. The monoisotopic (exact) mass is 316 g/mol. The number of hydrogen-bond donors (Lipinski definition) is 1. The number of amides is 1. The number of phenolic OH excluding ortho intramolecular Hbond substituents is 1. The van der Waals surface area contributed by atoms with Gasteiger partial charge in [0.15, 0.2) is 0 Å². The molecule has 0 radical (unpaired) electrons. The van der Waals surface area contributed by atoms with E-state index in [1.807, 2.05) is 6.07 Å². The standard InChI is InChI=1S/C10H9IN2O2/c1-13(5-4-12)10(15)8-6-7(11)2-3-9(8)14/h2-3,6,14H,5H2,1H3. The molecule has 0 aromatic heterocycles. The average molecular weight is 316 g/mol. The molecule has 0 aliphatic heterocycles. The second kappa shape index (κ2) is 4.98. The van der Waals surface area contributed by atoms with Crippen LogP contribution in [0.2, 0.25) is 0 Å². The maximum absolute atomic E-state index is 11.7. The minimum Gasteiger partial charge on any atom is -0.507 e. The van der Waals surface area contributed by atoms with Crippen LogP contribution in [-0.2, 0) is 0 Å². The van der Waals surface area contributed by atoms with Crippen LogP contribution in [0.1, 0.15) is 10.4 Å². The van der Waals surface area contributed by atoms with Crippen LogP contribution in [0.25, 0.3) is 0 Å². The maximum atomic E-state index is 11.7. The number of rotatable bonds is 2. The highest BCUT2D eigenvalue weighted by molar-refractivity contribution is 14.1. The van der Waals surface area contributed by atoms with Crippen molar-refractivity contribution in [3.8, 4) is 11.8 Å². The van der Waals surface area contributed by atoms with Crippen LogP contribution < -0.4 is 0 Å². The summed E-state index contributed by atoms with van der Waals surface area (Å²) < 4.78 is 0.860. The number of nitriles is 1. The fourth-order valence-electron chi connectivity index (χ4n) is 1.06. The smallest absolute Gasteiger partial charge is 0.258 e. The Bertz CT molecular complexity index is 426. The zero-order valence-corrected chi connectivity index (χ0v) is 10.2. The number of carbonyl (C=O) groups excluding carboxylic acids is 1. The van der Waals surface area contributed by atoms with Gasteiger partial charge in [-0.2, -0.15) is 5.26 Å². The van der Waals surface area contributed by atoms with Crippen LogP contribution in [-0.4, -0.2) is 29.5 Å². The quantitative estimate of drug-likeness (QED) is 0.666. The fourth-order valence-corrected chi connectivity index (χ4v) is 1.55. The first kappa shape index (κ1) is 11.8. The molecule has 1 rings (SSSR count). The Morgan fingerprint density at radius 2 is 2.33 bits per heavy atom. The molecule has 0 heterocycles. The van der Waals surface area contributed by atoms with Gasteiger partial charge in [-0.1, -0.05) is 0 Å². The van der Waals surface area contributed by atoms with Gasteiger partial charge < -0.3 is 10.0 Å². The normalized spacial score (nSPS) is 9.40. The summed E-state index contributed by atoms with van der Waals surface area (Å²) in [6.45, 7) is 0.00372. The van der Waals surface area contributed by atoms with Gasteiger partial charge in [-0.25, -0.2) is 0 Å². The Balaban J connectivity index is 3.01. The summed E-state index contributed by atoms with van der Waals surface area (Å²) in [5.74, 6) is -0.419. The summed E-state index contributed by atoms with van der Waals surface area (Å²) in [4.78, 5) is 13.0. The lowest BCUT2D eigenvalue weighted by atomic mass is 10.2. The van der Waals surface area contributed by atoms with Gasteiger partial charge in [0.25, 0.3) is 5.91 Å². The van der Waals surface area contributed by atoms with Gasteiger partial charge in [-0.05, 0) is 40.8 Å². The first-order valence-electron chi connectivity index (χ1n) is 4.17. The number of halogens is 1. The van der Waals surface area contributed by atoms with Crippen molar-refractivity contribution in [2.45, 2.75) is 0 Å². The van der Waals surface area contributed by atoms with E-state index in [4.69, 9.17) is 5.26 Å². The molecule has 0 aliphatic carbocycles. The van der Waals surface area contributed by atoms with Crippen LogP contribution in [0.5, 0.6) is 5.75 Å². The number of benzene rings is 1. The molecule has 0 saturated carbocycles. The van der Waals surface area contributed by atoms with Crippen molar-refractivity contribution in [2.75, 3.05) is 13.6 Å². The van der Waals surface area contributed by atoms with E-state index < -0.39 is 0 Å². The van der Waals surface area contributed by atoms with E-state index in [2.05, 4.69) is 22.6 Å². The lowest BCUT2D eigenvalue weighted by Gasteiger charge is -2.13. The van der Waals surface area contributed by atoms with Crippen LogP contribution in [0, 0.1) is 14.9 Å². The molecule has 78 valence electrons. The molecule has 0 atom stereocenters. The first-order valence-corrected chi connectivity index (χ1v) is 5.25. The van der Waals surface area contributed by atoms with Gasteiger partial charge in [0.05, 0.1) is 11.6 Å². The highest BCUT2D eigenvalue weighted by Crippen LogP contribution is 2.20. The van der Waals surface area contributed by atoms with Crippen molar-refractivity contribution in [3.05, 3.63) is 27.3 Å². The molecule has 0 fully saturated rings. The van der Waals surface area contributed by atoms with Gasteiger partial charge in [-0.15, -0.1) is 0 Å². The summed E-state index contributed by atoms with van der Waals surface area (Å²) in [5, 5.41) is 17.9. The van der Waals surface area contributed by atoms with Crippen LogP contribution in [0.15, 0.2) is 18.2 Å². The second-order valence-electron chi connectivity index (χ2n) is 2.98. The first-order chi connectivity index (χ1) is 7.06. The number of hydrogen-bond acceptors (Lipinski definition) is 3. The topological polar surface area (TPSA) is 64.3 Å². The fraction of sp³-hybridized carbons (Fsp3) is 0.200. The maximum Gasteiger partial charge on any atom is 0.258 e. The third-order valence-electron chi connectivity index (χ3n) is 1.84. The van der Waals surface area contributed by atoms with E-state index >= 15 is 0 Å². The van der Waals surface area contributed by atoms with Gasteiger partial charge in [0.1, 0.15) is 12.3 Å². The molecule has 1 amide bonds. The zero-order chi connectivity index (χ0) is 11.4. The minimum atomic E-state index is -0.354. The van der Waals surface area contributed by atoms with Gasteiger partial charge in [0, 0.05) is 10.6 Å². The summed E-state index contributed by atoms with van der Waals surface area (Å²) in [6.07, 6.45) is 0. The van der Waals surface area contributed by atoms with Crippen molar-refractivity contribution in [1.82, 2.24) is 4.90 Å². The molecule has 15 heavy (non-hydrogen) atoms. The summed E-state index contributed by atoms with van der Waals surface area (Å²) in [6, 6.07) is 6.64. The number of carbonyl (C=O) groups is 1. The predicted octanol–water partition coefficient (Wildman–Crippen LogP) is 1.59. The minimum absolute atomic E-state index is 0.00372. The Labute approximate surface area is 101 Å². The van der Waals surface area contributed by atoms with Crippen molar-refractivity contribution >= 4 is 28.5 Å².